The number of esters is 1. The molecule has 26 heavy (non-hydrogen) atoms. The maximum Gasteiger partial charge on any atom is 0.344 e. The van der Waals surface area contributed by atoms with Gasteiger partial charge in [-0.3, -0.25) is 14.9 Å². The van der Waals surface area contributed by atoms with Gasteiger partial charge in [0, 0.05) is 16.2 Å². The lowest BCUT2D eigenvalue weighted by Gasteiger charge is -2.08. The average Bonchev–Trinajstić information content (AvgIpc) is 2.59. The molecule has 10 heteroatoms. The largest absolute Gasteiger partial charge is 0.482 e. The van der Waals surface area contributed by atoms with E-state index in [1.165, 1.54) is 12.1 Å². The number of rotatable bonds is 7. The van der Waals surface area contributed by atoms with Crippen molar-refractivity contribution in [2.45, 2.75) is 0 Å². The SMILES string of the molecule is O=C(COC(=O)COc1cccc(Br)c1)Nc1ccc(Cl)c([N+](=O)[O-])c1. The van der Waals surface area contributed by atoms with E-state index in [2.05, 4.69) is 21.2 Å². The van der Waals surface area contributed by atoms with E-state index in [1.807, 2.05) is 0 Å². The maximum atomic E-state index is 11.8. The molecule has 1 N–H and O–H groups in total. The molecule has 1 amide bonds. The Balaban J connectivity index is 1.80. The van der Waals surface area contributed by atoms with Crippen molar-refractivity contribution in [2.24, 2.45) is 0 Å². The van der Waals surface area contributed by atoms with Gasteiger partial charge in [0.2, 0.25) is 0 Å². The molecule has 0 atom stereocenters. The van der Waals surface area contributed by atoms with Crippen LogP contribution < -0.4 is 10.1 Å². The minimum Gasteiger partial charge on any atom is -0.482 e. The molecule has 0 saturated carbocycles. The first kappa shape index (κ1) is 19.7. The zero-order valence-electron chi connectivity index (χ0n) is 13.1. The summed E-state index contributed by atoms with van der Waals surface area (Å²) in [4.78, 5) is 33.5. The summed E-state index contributed by atoms with van der Waals surface area (Å²) in [5, 5.41) is 13.1. The summed E-state index contributed by atoms with van der Waals surface area (Å²) >= 11 is 8.95. The van der Waals surface area contributed by atoms with Gasteiger partial charge < -0.3 is 14.8 Å². The monoisotopic (exact) mass is 442 g/mol. The van der Waals surface area contributed by atoms with Gasteiger partial charge in [0.1, 0.15) is 10.8 Å². The normalized spacial score (nSPS) is 10.1. The van der Waals surface area contributed by atoms with Gasteiger partial charge in [-0.05, 0) is 30.3 Å². The second kappa shape index (κ2) is 9.16. The molecule has 2 rings (SSSR count). The van der Waals surface area contributed by atoms with E-state index >= 15 is 0 Å². The molecule has 0 spiro atoms. The van der Waals surface area contributed by atoms with E-state index in [4.69, 9.17) is 21.1 Å². The van der Waals surface area contributed by atoms with Crippen molar-refractivity contribution >= 4 is 50.8 Å². The lowest BCUT2D eigenvalue weighted by Crippen LogP contribution is -2.23. The number of halogens is 2. The maximum absolute atomic E-state index is 11.8. The van der Waals surface area contributed by atoms with E-state index in [9.17, 15) is 19.7 Å². The molecule has 0 aliphatic rings. The van der Waals surface area contributed by atoms with Crippen LogP contribution in [0.2, 0.25) is 5.02 Å². The third-order valence-electron chi connectivity index (χ3n) is 2.94. The summed E-state index contributed by atoms with van der Waals surface area (Å²) in [7, 11) is 0. The van der Waals surface area contributed by atoms with Gasteiger partial charge in [0.05, 0.1) is 4.92 Å². The molecular weight excluding hydrogens is 432 g/mol. The standard InChI is InChI=1S/C16H12BrClN2O6/c17-10-2-1-3-12(6-10)25-9-16(22)26-8-15(21)19-11-4-5-13(18)14(7-11)20(23)24/h1-7H,8-9H2,(H,19,21). The van der Waals surface area contributed by atoms with Crippen LogP contribution >= 0.6 is 27.5 Å². The van der Waals surface area contributed by atoms with Gasteiger partial charge in [-0.25, -0.2) is 4.79 Å². The number of anilines is 1. The molecule has 8 nitrogen and oxygen atoms in total. The van der Waals surface area contributed by atoms with E-state index in [-0.39, 0.29) is 23.0 Å². The van der Waals surface area contributed by atoms with Crippen LogP contribution in [-0.4, -0.2) is 30.0 Å². The highest BCUT2D eigenvalue weighted by molar-refractivity contribution is 9.10. The van der Waals surface area contributed by atoms with Gasteiger partial charge in [-0.15, -0.1) is 0 Å². The molecule has 0 aliphatic heterocycles. The average molecular weight is 444 g/mol. The molecular formula is C16H12BrClN2O6. The predicted molar refractivity (Wildman–Crippen MR) is 97.3 cm³/mol. The molecule has 0 radical (unpaired) electrons. The quantitative estimate of drug-likeness (QED) is 0.398. The molecule has 0 bridgehead atoms. The van der Waals surface area contributed by atoms with Gasteiger partial charge >= 0.3 is 5.97 Å². The molecule has 0 saturated heterocycles. The fourth-order valence-corrected chi connectivity index (χ4v) is 2.38. The Kier molecular flexibility index (Phi) is 6.93. The van der Waals surface area contributed by atoms with Crippen molar-refractivity contribution in [2.75, 3.05) is 18.5 Å². The van der Waals surface area contributed by atoms with Crippen molar-refractivity contribution in [3.05, 3.63) is 62.1 Å². The Morgan fingerprint density at radius 3 is 2.65 bits per heavy atom. The smallest absolute Gasteiger partial charge is 0.344 e. The molecule has 0 heterocycles. The first-order valence-corrected chi connectivity index (χ1v) is 8.30. The van der Waals surface area contributed by atoms with Gasteiger partial charge in [0.15, 0.2) is 13.2 Å². The second-order valence-corrected chi connectivity index (χ2v) is 6.20. The van der Waals surface area contributed by atoms with E-state index in [0.29, 0.717) is 5.75 Å². The van der Waals surface area contributed by atoms with Gasteiger partial charge in [0.25, 0.3) is 11.6 Å². The van der Waals surface area contributed by atoms with Crippen LogP contribution in [0.15, 0.2) is 46.9 Å². The fourth-order valence-electron chi connectivity index (χ4n) is 1.81. The van der Waals surface area contributed by atoms with Crippen LogP contribution in [0.3, 0.4) is 0 Å². The molecule has 0 aliphatic carbocycles. The number of benzene rings is 2. The van der Waals surface area contributed by atoms with Crippen molar-refractivity contribution in [1.82, 2.24) is 0 Å². The number of nitro benzene ring substituents is 1. The summed E-state index contributed by atoms with van der Waals surface area (Å²) in [6, 6.07) is 10.7. The van der Waals surface area contributed by atoms with E-state index in [1.54, 1.807) is 24.3 Å². The Bertz CT molecular complexity index is 845. The highest BCUT2D eigenvalue weighted by Crippen LogP contribution is 2.27. The first-order valence-electron chi connectivity index (χ1n) is 7.13. The fraction of sp³-hybridized carbons (Fsp3) is 0.125. The lowest BCUT2D eigenvalue weighted by molar-refractivity contribution is -0.384. The van der Waals surface area contributed by atoms with Crippen LogP contribution in [0.1, 0.15) is 0 Å². The zero-order chi connectivity index (χ0) is 19.1. The molecule has 0 aromatic heterocycles. The third kappa shape index (κ3) is 6.01. The number of nitrogens with zero attached hydrogens (tertiary/aromatic N) is 1. The van der Waals surface area contributed by atoms with E-state index in [0.717, 1.165) is 10.5 Å². The third-order valence-corrected chi connectivity index (χ3v) is 3.76. The predicted octanol–water partition coefficient (Wildman–Crippen LogP) is 3.57. The lowest BCUT2D eigenvalue weighted by atomic mass is 10.3. The Morgan fingerprint density at radius 1 is 1.19 bits per heavy atom. The van der Waals surface area contributed by atoms with Crippen molar-refractivity contribution in [1.29, 1.82) is 0 Å². The summed E-state index contributed by atoms with van der Waals surface area (Å²) in [5.41, 5.74) is -0.184. The number of carbonyl (C=O) groups is 2. The first-order chi connectivity index (χ1) is 12.3. The summed E-state index contributed by atoms with van der Waals surface area (Å²) in [5.74, 6) is -0.922. The number of nitrogens with one attached hydrogen (secondary N) is 1. The van der Waals surface area contributed by atoms with Crippen LogP contribution in [-0.2, 0) is 14.3 Å². The Morgan fingerprint density at radius 2 is 1.96 bits per heavy atom. The van der Waals surface area contributed by atoms with Crippen molar-refractivity contribution in [3.63, 3.8) is 0 Å². The molecule has 0 unspecified atom stereocenters. The Labute approximate surface area is 161 Å². The van der Waals surface area contributed by atoms with Crippen LogP contribution in [0.4, 0.5) is 11.4 Å². The van der Waals surface area contributed by atoms with Gasteiger partial charge in [-0.2, -0.15) is 0 Å². The number of hydrogen-bond acceptors (Lipinski definition) is 6. The molecule has 0 fully saturated rings. The van der Waals surface area contributed by atoms with E-state index < -0.39 is 23.4 Å². The van der Waals surface area contributed by atoms with Crippen LogP contribution in [0.5, 0.6) is 5.75 Å². The Hall–Kier alpha value is -2.65. The number of nitro groups is 1. The molecule has 2 aromatic carbocycles. The van der Waals surface area contributed by atoms with Crippen LogP contribution in [0.25, 0.3) is 0 Å². The minimum absolute atomic E-state index is 0.0517. The topological polar surface area (TPSA) is 108 Å². The number of amides is 1. The zero-order valence-corrected chi connectivity index (χ0v) is 15.5. The summed E-state index contributed by atoms with van der Waals surface area (Å²) in [6.07, 6.45) is 0. The van der Waals surface area contributed by atoms with Crippen molar-refractivity contribution < 1.29 is 24.0 Å². The van der Waals surface area contributed by atoms with Gasteiger partial charge in [-0.1, -0.05) is 33.6 Å². The molecule has 136 valence electrons. The van der Waals surface area contributed by atoms with Crippen molar-refractivity contribution in [3.8, 4) is 5.75 Å². The number of hydrogen-bond donors (Lipinski definition) is 1. The minimum atomic E-state index is -0.734. The highest BCUT2D eigenvalue weighted by atomic mass is 79.9. The highest BCUT2D eigenvalue weighted by Gasteiger charge is 2.15. The summed E-state index contributed by atoms with van der Waals surface area (Å²) in [6.45, 7) is -0.923. The molecule has 2 aromatic rings. The van der Waals surface area contributed by atoms with Crippen LogP contribution in [0, 0.1) is 10.1 Å². The summed E-state index contributed by atoms with van der Waals surface area (Å²) < 4.78 is 10.8. The number of ether oxygens (including phenoxy) is 2. The number of carbonyl (C=O) groups excluding carboxylic acids is 2. The second-order valence-electron chi connectivity index (χ2n) is 4.88.